The first-order chi connectivity index (χ1) is 7.53. The molecule has 1 saturated carbocycles. The summed E-state index contributed by atoms with van der Waals surface area (Å²) in [7, 11) is 0. The van der Waals surface area contributed by atoms with Crippen LogP contribution >= 0.6 is 0 Å². The molecule has 88 valence electrons. The monoisotopic (exact) mass is 224 g/mol. The Labute approximate surface area is 94.7 Å². The van der Waals surface area contributed by atoms with Gasteiger partial charge in [-0.3, -0.25) is 14.4 Å². The molecule has 0 bridgehead atoms. The molecule has 0 spiro atoms. The number of esters is 1. The molecule has 1 aliphatic rings. The quantitative estimate of drug-likeness (QED) is 0.412. The standard InChI is InChI=1S/C12H16O4/c1-3-16-11(15)12(8-6-9(2)13)7-4-5-10(12)14/h6,8H,3-5,7H2,1-2H3/b8-6+. The lowest BCUT2D eigenvalue weighted by Gasteiger charge is -2.20. The Hall–Kier alpha value is -1.45. The summed E-state index contributed by atoms with van der Waals surface area (Å²) in [4.78, 5) is 34.4. The van der Waals surface area contributed by atoms with E-state index < -0.39 is 11.4 Å². The molecule has 0 aromatic heterocycles. The van der Waals surface area contributed by atoms with E-state index in [1.165, 1.54) is 19.1 Å². The third-order valence-corrected chi connectivity index (χ3v) is 2.71. The van der Waals surface area contributed by atoms with Crippen molar-refractivity contribution < 1.29 is 19.1 Å². The van der Waals surface area contributed by atoms with Gasteiger partial charge in [-0.2, -0.15) is 0 Å². The molecule has 1 aliphatic carbocycles. The van der Waals surface area contributed by atoms with Crippen molar-refractivity contribution in [3.63, 3.8) is 0 Å². The predicted molar refractivity (Wildman–Crippen MR) is 57.7 cm³/mol. The highest BCUT2D eigenvalue weighted by atomic mass is 16.5. The Bertz CT molecular complexity index is 343. The summed E-state index contributed by atoms with van der Waals surface area (Å²) >= 11 is 0. The molecule has 0 N–H and O–H groups in total. The maximum Gasteiger partial charge on any atom is 0.323 e. The summed E-state index contributed by atoms with van der Waals surface area (Å²) in [5.74, 6) is -0.859. The molecule has 4 nitrogen and oxygen atoms in total. The molecule has 16 heavy (non-hydrogen) atoms. The highest BCUT2D eigenvalue weighted by Gasteiger charge is 2.47. The maximum absolute atomic E-state index is 11.8. The van der Waals surface area contributed by atoms with Crippen LogP contribution < -0.4 is 0 Å². The molecule has 0 aromatic carbocycles. The van der Waals surface area contributed by atoms with Crippen LogP contribution in [0.25, 0.3) is 0 Å². The van der Waals surface area contributed by atoms with Crippen molar-refractivity contribution >= 4 is 17.5 Å². The van der Waals surface area contributed by atoms with E-state index in [4.69, 9.17) is 4.74 Å². The minimum atomic E-state index is -1.21. The van der Waals surface area contributed by atoms with E-state index in [1.54, 1.807) is 6.92 Å². The SMILES string of the molecule is CCOC(=O)C1(/C=C/C(C)=O)CCCC1=O. The van der Waals surface area contributed by atoms with Crippen LogP contribution in [-0.2, 0) is 19.1 Å². The number of ketones is 2. The number of carbonyl (C=O) groups excluding carboxylic acids is 3. The topological polar surface area (TPSA) is 60.4 Å². The first kappa shape index (κ1) is 12.6. The number of allylic oxidation sites excluding steroid dienone is 1. The molecule has 0 aromatic rings. The fraction of sp³-hybridized carbons (Fsp3) is 0.583. The Balaban J connectivity index is 2.98. The molecule has 1 unspecified atom stereocenters. The highest BCUT2D eigenvalue weighted by molar-refractivity contribution is 6.08. The first-order valence-electron chi connectivity index (χ1n) is 5.43. The molecule has 0 heterocycles. The van der Waals surface area contributed by atoms with Gasteiger partial charge in [-0.1, -0.05) is 6.08 Å². The maximum atomic E-state index is 11.8. The van der Waals surface area contributed by atoms with Gasteiger partial charge >= 0.3 is 5.97 Å². The van der Waals surface area contributed by atoms with Crippen molar-refractivity contribution in [2.45, 2.75) is 33.1 Å². The van der Waals surface area contributed by atoms with Crippen molar-refractivity contribution in [2.75, 3.05) is 6.61 Å². The van der Waals surface area contributed by atoms with Gasteiger partial charge in [-0.25, -0.2) is 0 Å². The van der Waals surface area contributed by atoms with Gasteiger partial charge in [0.05, 0.1) is 6.61 Å². The van der Waals surface area contributed by atoms with Crippen LogP contribution in [0, 0.1) is 5.41 Å². The summed E-state index contributed by atoms with van der Waals surface area (Å²) in [5, 5.41) is 0. The predicted octanol–water partition coefficient (Wildman–Crippen LogP) is 1.43. The van der Waals surface area contributed by atoms with E-state index in [2.05, 4.69) is 0 Å². The second-order valence-electron chi connectivity index (χ2n) is 3.91. The Morgan fingerprint density at radius 1 is 1.50 bits per heavy atom. The van der Waals surface area contributed by atoms with Crippen molar-refractivity contribution in [3.05, 3.63) is 12.2 Å². The van der Waals surface area contributed by atoms with Crippen molar-refractivity contribution in [3.8, 4) is 0 Å². The van der Waals surface area contributed by atoms with Gasteiger partial charge in [0.15, 0.2) is 11.6 Å². The average molecular weight is 224 g/mol. The van der Waals surface area contributed by atoms with Crippen LogP contribution in [0.2, 0.25) is 0 Å². The van der Waals surface area contributed by atoms with Crippen molar-refractivity contribution in [1.29, 1.82) is 0 Å². The largest absolute Gasteiger partial charge is 0.465 e. The van der Waals surface area contributed by atoms with E-state index >= 15 is 0 Å². The van der Waals surface area contributed by atoms with E-state index in [0.717, 1.165) is 0 Å². The zero-order valence-corrected chi connectivity index (χ0v) is 9.62. The van der Waals surface area contributed by atoms with Crippen LogP contribution in [0.15, 0.2) is 12.2 Å². The van der Waals surface area contributed by atoms with Crippen LogP contribution in [0.3, 0.4) is 0 Å². The van der Waals surface area contributed by atoms with Gasteiger partial charge in [-0.05, 0) is 32.8 Å². The van der Waals surface area contributed by atoms with Crippen LogP contribution in [0.1, 0.15) is 33.1 Å². The first-order valence-corrected chi connectivity index (χ1v) is 5.43. The smallest absolute Gasteiger partial charge is 0.323 e. The highest BCUT2D eigenvalue weighted by Crippen LogP contribution is 2.37. The molecule has 0 amide bonds. The molecular formula is C12H16O4. The fourth-order valence-electron chi connectivity index (χ4n) is 1.87. The summed E-state index contributed by atoms with van der Waals surface area (Å²) < 4.78 is 4.91. The minimum absolute atomic E-state index is 0.150. The average Bonchev–Trinajstić information content (AvgIpc) is 2.58. The van der Waals surface area contributed by atoms with E-state index in [9.17, 15) is 14.4 Å². The van der Waals surface area contributed by atoms with E-state index in [0.29, 0.717) is 19.3 Å². The third kappa shape index (κ3) is 2.38. The van der Waals surface area contributed by atoms with Gasteiger partial charge in [0, 0.05) is 6.42 Å². The number of Topliss-reactive ketones (excluding diaryl/α,β-unsaturated/α-hetero) is 1. The van der Waals surface area contributed by atoms with Crippen LogP contribution in [-0.4, -0.2) is 24.1 Å². The van der Waals surface area contributed by atoms with Crippen LogP contribution in [0.4, 0.5) is 0 Å². The molecule has 0 radical (unpaired) electrons. The van der Waals surface area contributed by atoms with Gasteiger partial charge in [0.25, 0.3) is 0 Å². The lowest BCUT2D eigenvalue weighted by atomic mass is 9.84. The molecule has 1 rings (SSSR count). The number of hydrogen-bond acceptors (Lipinski definition) is 4. The Morgan fingerprint density at radius 2 is 2.19 bits per heavy atom. The van der Waals surface area contributed by atoms with Crippen LogP contribution in [0.5, 0.6) is 0 Å². The number of hydrogen-bond donors (Lipinski definition) is 0. The lowest BCUT2D eigenvalue weighted by Crippen LogP contribution is -2.35. The molecule has 0 saturated heterocycles. The van der Waals surface area contributed by atoms with Crippen molar-refractivity contribution in [2.24, 2.45) is 5.41 Å². The van der Waals surface area contributed by atoms with Gasteiger partial charge < -0.3 is 4.74 Å². The molecule has 1 atom stereocenters. The lowest BCUT2D eigenvalue weighted by molar-refractivity contribution is -0.155. The number of carbonyl (C=O) groups is 3. The zero-order valence-electron chi connectivity index (χ0n) is 9.62. The van der Waals surface area contributed by atoms with Gasteiger partial charge in [0.2, 0.25) is 0 Å². The summed E-state index contributed by atoms with van der Waals surface area (Å²) in [5.41, 5.74) is -1.21. The summed E-state index contributed by atoms with van der Waals surface area (Å²) in [6.45, 7) is 3.32. The number of ether oxygens (including phenoxy) is 1. The van der Waals surface area contributed by atoms with Crippen molar-refractivity contribution in [1.82, 2.24) is 0 Å². The normalized spacial score (nSPS) is 25.0. The fourth-order valence-corrected chi connectivity index (χ4v) is 1.87. The minimum Gasteiger partial charge on any atom is -0.465 e. The number of rotatable bonds is 4. The second kappa shape index (κ2) is 5.05. The van der Waals surface area contributed by atoms with E-state index in [-0.39, 0.29) is 18.2 Å². The molecule has 0 aliphatic heterocycles. The van der Waals surface area contributed by atoms with E-state index in [1.807, 2.05) is 0 Å². The third-order valence-electron chi connectivity index (χ3n) is 2.71. The Kier molecular flexibility index (Phi) is 3.99. The Morgan fingerprint density at radius 3 is 2.62 bits per heavy atom. The van der Waals surface area contributed by atoms with Gasteiger partial charge in [-0.15, -0.1) is 0 Å². The van der Waals surface area contributed by atoms with Gasteiger partial charge in [0.1, 0.15) is 5.41 Å². The summed E-state index contributed by atoms with van der Waals surface area (Å²) in [6.07, 6.45) is 4.16. The molecule has 1 fully saturated rings. The zero-order chi connectivity index (χ0) is 12.2. The second-order valence-corrected chi connectivity index (χ2v) is 3.91. The molecular weight excluding hydrogens is 208 g/mol. The molecule has 4 heteroatoms. The summed E-state index contributed by atoms with van der Waals surface area (Å²) in [6, 6.07) is 0.